The van der Waals surface area contributed by atoms with Crippen molar-refractivity contribution >= 4 is 40.5 Å². The van der Waals surface area contributed by atoms with Crippen molar-refractivity contribution in [1.82, 2.24) is 10.6 Å². The number of sulfonamides is 1. The molecular formula is C23H35Cl2N3O3S. The Morgan fingerprint density at radius 2 is 1.84 bits per heavy atom. The fourth-order valence-corrected chi connectivity index (χ4v) is 5.54. The summed E-state index contributed by atoms with van der Waals surface area (Å²) in [7, 11) is -1.73. The number of nitrogens with zero attached hydrogens (tertiary/aromatic N) is 1. The number of benzene rings is 2. The van der Waals surface area contributed by atoms with Crippen LogP contribution in [-0.2, 0) is 16.6 Å². The summed E-state index contributed by atoms with van der Waals surface area (Å²) < 4.78 is 31.6. The Morgan fingerprint density at radius 3 is 2.44 bits per heavy atom. The number of hydrogen-bond donors (Lipinski definition) is 2. The van der Waals surface area contributed by atoms with E-state index in [2.05, 4.69) is 34.9 Å². The summed E-state index contributed by atoms with van der Waals surface area (Å²) in [5, 5.41) is 7.32. The van der Waals surface area contributed by atoms with Crippen molar-refractivity contribution in [2.24, 2.45) is 0 Å². The molecule has 180 valence electrons. The van der Waals surface area contributed by atoms with Gasteiger partial charge in [-0.15, -0.1) is 24.8 Å². The average Bonchev–Trinajstić information content (AvgIpc) is 2.72. The number of hydrogen-bond acceptors (Lipinski definition) is 5. The third-order valence-electron chi connectivity index (χ3n) is 5.52. The van der Waals surface area contributed by atoms with Gasteiger partial charge >= 0.3 is 0 Å². The second-order valence-corrected chi connectivity index (χ2v) is 9.98. The van der Waals surface area contributed by atoms with E-state index in [1.807, 2.05) is 32.0 Å². The zero-order valence-corrected chi connectivity index (χ0v) is 21.5. The quantitative estimate of drug-likeness (QED) is 0.561. The van der Waals surface area contributed by atoms with Crippen molar-refractivity contribution in [1.29, 1.82) is 0 Å². The molecule has 1 fully saturated rings. The van der Waals surface area contributed by atoms with Crippen LogP contribution in [0.4, 0.5) is 5.69 Å². The largest absolute Gasteiger partial charge is 0.496 e. The molecule has 2 N–H and O–H groups in total. The zero-order valence-electron chi connectivity index (χ0n) is 19.1. The molecule has 2 atom stereocenters. The highest BCUT2D eigenvalue weighted by atomic mass is 35.5. The highest BCUT2D eigenvalue weighted by molar-refractivity contribution is 7.92. The van der Waals surface area contributed by atoms with Crippen LogP contribution in [0.15, 0.2) is 48.5 Å². The fraction of sp³-hybridized carbons (Fsp3) is 0.478. The second kappa shape index (κ2) is 12.7. The van der Waals surface area contributed by atoms with Gasteiger partial charge in [0, 0.05) is 30.2 Å². The highest BCUT2D eigenvalue weighted by Crippen LogP contribution is 2.29. The van der Waals surface area contributed by atoms with Gasteiger partial charge in [-0.1, -0.05) is 30.3 Å². The fourth-order valence-electron chi connectivity index (χ4n) is 4.27. The van der Waals surface area contributed by atoms with Crippen molar-refractivity contribution in [2.75, 3.05) is 24.2 Å². The van der Waals surface area contributed by atoms with E-state index >= 15 is 0 Å². The Bertz CT molecular complexity index is 943. The maximum atomic E-state index is 12.3. The van der Waals surface area contributed by atoms with E-state index in [0.717, 1.165) is 30.7 Å². The minimum absolute atomic E-state index is 0. The van der Waals surface area contributed by atoms with Gasteiger partial charge in [0.05, 0.1) is 19.1 Å². The van der Waals surface area contributed by atoms with E-state index in [1.165, 1.54) is 16.1 Å². The number of ether oxygens (including phenoxy) is 1. The number of nitrogens with one attached hydrogen (secondary N) is 2. The van der Waals surface area contributed by atoms with E-state index in [9.17, 15) is 8.42 Å². The first-order valence-electron chi connectivity index (χ1n) is 10.5. The van der Waals surface area contributed by atoms with E-state index in [0.29, 0.717) is 12.2 Å². The number of methoxy groups -OCH3 is 1. The zero-order chi connectivity index (χ0) is 21.7. The maximum Gasteiger partial charge on any atom is 0.232 e. The number of halogens is 2. The minimum atomic E-state index is -3.37. The Labute approximate surface area is 205 Å². The van der Waals surface area contributed by atoms with E-state index in [-0.39, 0.29) is 42.9 Å². The number of rotatable bonds is 8. The van der Waals surface area contributed by atoms with Gasteiger partial charge in [-0.05, 0) is 57.0 Å². The molecule has 1 aliphatic heterocycles. The SMILES string of the molecule is COc1ccc(N(C(C)C)S(C)(=O)=O)cc1CNC1CCCNC1c1ccccc1.Cl.Cl. The summed E-state index contributed by atoms with van der Waals surface area (Å²) in [6.45, 7) is 5.36. The Hall–Kier alpha value is -1.51. The molecule has 0 saturated carbocycles. The predicted octanol–water partition coefficient (Wildman–Crippen LogP) is 4.30. The van der Waals surface area contributed by atoms with E-state index in [4.69, 9.17) is 4.74 Å². The van der Waals surface area contributed by atoms with Crippen LogP contribution in [0, 0.1) is 0 Å². The number of anilines is 1. The first kappa shape index (κ1) is 28.5. The molecule has 3 rings (SSSR count). The molecule has 2 aromatic carbocycles. The second-order valence-electron chi connectivity index (χ2n) is 8.12. The molecule has 0 bridgehead atoms. The van der Waals surface area contributed by atoms with Crippen LogP contribution >= 0.6 is 24.8 Å². The maximum absolute atomic E-state index is 12.3. The van der Waals surface area contributed by atoms with Crippen LogP contribution in [0.2, 0.25) is 0 Å². The van der Waals surface area contributed by atoms with Crippen molar-refractivity contribution in [3.63, 3.8) is 0 Å². The van der Waals surface area contributed by atoms with Gasteiger partial charge in [-0.2, -0.15) is 0 Å². The molecular weight excluding hydrogens is 469 g/mol. The lowest BCUT2D eigenvalue weighted by atomic mass is 9.92. The molecule has 0 radical (unpaired) electrons. The first-order chi connectivity index (χ1) is 14.3. The predicted molar refractivity (Wildman–Crippen MR) is 137 cm³/mol. The summed E-state index contributed by atoms with van der Waals surface area (Å²) >= 11 is 0. The number of piperidine rings is 1. The van der Waals surface area contributed by atoms with Crippen LogP contribution in [0.5, 0.6) is 5.75 Å². The Kier molecular flexibility index (Phi) is 11.3. The highest BCUT2D eigenvalue weighted by Gasteiger charge is 2.26. The summed E-state index contributed by atoms with van der Waals surface area (Å²) in [5.41, 5.74) is 2.88. The van der Waals surface area contributed by atoms with Gasteiger partial charge < -0.3 is 15.4 Å². The molecule has 0 aliphatic carbocycles. The van der Waals surface area contributed by atoms with Crippen LogP contribution < -0.4 is 19.7 Å². The molecule has 6 nitrogen and oxygen atoms in total. The van der Waals surface area contributed by atoms with Crippen molar-refractivity contribution in [2.45, 2.75) is 51.4 Å². The first-order valence-corrected chi connectivity index (χ1v) is 12.3. The Balaban J connectivity index is 0.00000256. The monoisotopic (exact) mass is 503 g/mol. The smallest absolute Gasteiger partial charge is 0.232 e. The lowest BCUT2D eigenvalue weighted by Gasteiger charge is -2.34. The lowest BCUT2D eigenvalue weighted by Crippen LogP contribution is -2.45. The standard InChI is InChI=1S/C23H33N3O3S.2ClH/c1-17(2)26(30(4,27)28)20-12-13-22(29-3)19(15-20)16-25-21-11-8-14-24-23(21)18-9-6-5-7-10-18;;/h5-7,9-10,12-13,15,17,21,23-25H,8,11,14,16H2,1-4H3;2*1H. The van der Waals surface area contributed by atoms with Crippen molar-refractivity contribution in [3.05, 3.63) is 59.7 Å². The van der Waals surface area contributed by atoms with E-state index in [1.54, 1.807) is 13.2 Å². The van der Waals surface area contributed by atoms with Crippen LogP contribution in [0.1, 0.15) is 43.9 Å². The van der Waals surface area contributed by atoms with E-state index < -0.39 is 10.0 Å². The molecule has 32 heavy (non-hydrogen) atoms. The molecule has 0 amide bonds. The van der Waals surface area contributed by atoms with Gasteiger partial charge in [0.25, 0.3) is 0 Å². The molecule has 0 spiro atoms. The average molecular weight is 505 g/mol. The van der Waals surface area contributed by atoms with Crippen LogP contribution in [0.3, 0.4) is 0 Å². The topological polar surface area (TPSA) is 70.7 Å². The van der Waals surface area contributed by atoms with Crippen LogP contribution in [0.25, 0.3) is 0 Å². The summed E-state index contributed by atoms with van der Waals surface area (Å²) in [5.74, 6) is 0.753. The summed E-state index contributed by atoms with van der Waals surface area (Å²) in [6, 6.07) is 16.4. The summed E-state index contributed by atoms with van der Waals surface area (Å²) in [6.07, 6.45) is 3.44. The van der Waals surface area contributed by atoms with Gasteiger partial charge in [0.2, 0.25) is 10.0 Å². The molecule has 2 aromatic rings. The van der Waals surface area contributed by atoms with Gasteiger partial charge in [-0.3, -0.25) is 4.31 Å². The van der Waals surface area contributed by atoms with Gasteiger partial charge in [0.15, 0.2) is 0 Å². The Morgan fingerprint density at radius 1 is 1.16 bits per heavy atom. The van der Waals surface area contributed by atoms with Crippen molar-refractivity contribution < 1.29 is 13.2 Å². The lowest BCUT2D eigenvalue weighted by molar-refractivity contribution is 0.303. The molecule has 1 aliphatic rings. The third-order valence-corrected chi connectivity index (χ3v) is 6.86. The van der Waals surface area contributed by atoms with Gasteiger partial charge in [0.1, 0.15) is 5.75 Å². The summed E-state index contributed by atoms with van der Waals surface area (Å²) in [4.78, 5) is 0. The molecule has 1 saturated heterocycles. The third kappa shape index (κ3) is 6.99. The van der Waals surface area contributed by atoms with Crippen LogP contribution in [-0.4, -0.2) is 40.4 Å². The van der Waals surface area contributed by atoms with Gasteiger partial charge in [-0.25, -0.2) is 8.42 Å². The normalized spacial score (nSPS) is 18.4. The molecule has 1 heterocycles. The minimum Gasteiger partial charge on any atom is -0.496 e. The molecule has 9 heteroatoms. The van der Waals surface area contributed by atoms with Crippen molar-refractivity contribution in [3.8, 4) is 5.75 Å². The molecule has 2 unspecified atom stereocenters. The molecule has 0 aromatic heterocycles.